The molecule has 0 rings (SSSR count). The molecule has 0 aromatic rings. The molecule has 0 amide bonds. The van der Waals surface area contributed by atoms with Crippen LogP contribution in [-0.4, -0.2) is 24.9 Å². The van der Waals surface area contributed by atoms with E-state index in [4.69, 9.17) is 0 Å². The van der Waals surface area contributed by atoms with Gasteiger partial charge in [-0.25, -0.2) is 17.6 Å². The smallest absolute Gasteiger partial charge is 0.310 e. The van der Waals surface area contributed by atoms with E-state index in [1.165, 1.54) is 0 Å². The standard InChI is InChI=1S/C9H14F4O2/c1-3-6(2)7(14)15-5-4-9(12,13)8(10)11/h6,8H,3-5H2,1-2H3. The number of carbonyl (C=O) groups is 1. The third-order valence-corrected chi connectivity index (χ3v) is 2.01. The molecule has 0 aromatic carbocycles. The summed E-state index contributed by atoms with van der Waals surface area (Å²) in [6, 6.07) is 0. The first-order valence-electron chi connectivity index (χ1n) is 4.63. The van der Waals surface area contributed by atoms with Crippen LogP contribution >= 0.6 is 0 Å². The number of alkyl halides is 4. The van der Waals surface area contributed by atoms with Crippen molar-refractivity contribution in [3.8, 4) is 0 Å². The van der Waals surface area contributed by atoms with E-state index in [2.05, 4.69) is 4.74 Å². The van der Waals surface area contributed by atoms with Crippen LogP contribution in [0.1, 0.15) is 26.7 Å². The van der Waals surface area contributed by atoms with Crippen LogP contribution in [-0.2, 0) is 9.53 Å². The van der Waals surface area contributed by atoms with Gasteiger partial charge in [-0.1, -0.05) is 13.8 Å². The zero-order valence-corrected chi connectivity index (χ0v) is 8.60. The molecule has 15 heavy (non-hydrogen) atoms. The Balaban J connectivity index is 3.85. The molecule has 1 atom stereocenters. The SMILES string of the molecule is CCC(C)C(=O)OCCC(F)(F)C(F)F. The van der Waals surface area contributed by atoms with Gasteiger partial charge in [-0.05, 0) is 6.42 Å². The lowest BCUT2D eigenvalue weighted by Crippen LogP contribution is -2.29. The van der Waals surface area contributed by atoms with Gasteiger partial charge in [0.1, 0.15) is 0 Å². The van der Waals surface area contributed by atoms with E-state index in [0.29, 0.717) is 6.42 Å². The molecule has 0 aliphatic rings. The highest BCUT2D eigenvalue weighted by atomic mass is 19.3. The average molecular weight is 230 g/mol. The summed E-state index contributed by atoms with van der Waals surface area (Å²) in [6.45, 7) is 2.63. The monoisotopic (exact) mass is 230 g/mol. The Morgan fingerprint density at radius 2 is 1.93 bits per heavy atom. The minimum Gasteiger partial charge on any atom is -0.465 e. The fourth-order valence-corrected chi connectivity index (χ4v) is 0.706. The zero-order valence-electron chi connectivity index (χ0n) is 8.60. The zero-order chi connectivity index (χ0) is 12.1. The number of hydrogen-bond donors (Lipinski definition) is 0. The lowest BCUT2D eigenvalue weighted by atomic mass is 10.1. The van der Waals surface area contributed by atoms with Crippen molar-refractivity contribution in [2.45, 2.75) is 39.0 Å². The summed E-state index contributed by atoms with van der Waals surface area (Å²) in [5.41, 5.74) is 0. The van der Waals surface area contributed by atoms with Crippen molar-refractivity contribution in [2.24, 2.45) is 5.92 Å². The molecule has 0 aromatic heterocycles. The minimum absolute atomic E-state index is 0.398. The molecule has 6 heteroatoms. The van der Waals surface area contributed by atoms with Crippen LogP contribution in [0.25, 0.3) is 0 Å². The summed E-state index contributed by atoms with van der Waals surface area (Å²) in [6.07, 6.45) is -4.35. The summed E-state index contributed by atoms with van der Waals surface area (Å²) in [5, 5.41) is 0. The van der Waals surface area contributed by atoms with Gasteiger partial charge < -0.3 is 4.74 Å². The lowest BCUT2D eigenvalue weighted by Gasteiger charge is -2.15. The van der Waals surface area contributed by atoms with Gasteiger partial charge in [0, 0.05) is 0 Å². The van der Waals surface area contributed by atoms with Crippen LogP contribution < -0.4 is 0 Å². The second-order valence-electron chi connectivity index (χ2n) is 3.29. The largest absolute Gasteiger partial charge is 0.465 e. The van der Waals surface area contributed by atoms with E-state index >= 15 is 0 Å². The van der Waals surface area contributed by atoms with Gasteiger partial charge in [0.05, 0.1) is 18.9 Å². The molecule has 0 heterocycles. The molecule has 0 fully saturated rings. The Bertz CT molecular complexity index is 206. The minimum atomic E-state index is -4.09. The van der Waals surface area contributed by atoms with Crippen LogP contribution in [0.2, 0.25) is 0 Å². The molecule has 0 N–H and O–H groups in total. The van der Waals surface area contributed by atoms with Gasteiger partial charge in [0.15, 0.2) is 0 Å². The second-order valence-corrected chi connectivity index (χ2v) is 3.29. The maximum atomic E-state index is 12.3. The van der Waals surface area contributed by atoms with Gasteiger partial charge in [0.25, 0.3) is 0 Å². The number of esters is 1. The molecule has 0 saturated heterocycles. The summed E-state index contributed by atoms with van der Waals surface area (Å²) in [7, 11) is 0. The van der Waals surface area contributed by atoms with Crippen LogP contribution in [0.15, 0.2) is 0 Å². The van der Waals surface area contributed by atoms with Crippen molar-refractivity contribution < 1.29 is 27.1 Å². The number of rotatable bonds is 6. The highest BCUT2D eigenvalue weighted by Crippen LogP contribution is 2.26. The fourth-order valence-electron chi connectivity index (χ4n) is 0.706. The molecule has 1 unspecified atom stereocenters. The summed E-state index contributed by atoms with van der Waals surface area (Å²) < 4.78 is 52.4. The van der Waals surface area contributed by atoms with E-state index < -0.39 is 37.3 Å². The predicted octanol–water partition coefficient (Wildman–Crippen LogP) is 2.87. The van der Waals surface area contributed by atoms with Gasteiger partial charge in [-0.3, -0.25) is 4.79 Å². The number of carbonyl (C=O) groups excluding carboxylic acids is 1. The van der Waals surface area contributed by atoms with E-state index in [0.717, 1.165) is 0 Å². The maximum absolute atomic E-state index is 12.3. The highest BCUT2D eigenvalue weighted by Gasteiger charge is 2.40. The molecule has 2 nitrogen and oxygen atoms in total. The van der Waals surface area contributed by atoms with E-state index in [-0.39, 0.29) is 0 Å². The Hall–Kier alpha value is -0.810. The van der Waals surface area contributed by atoms with Crippen LogP contribution in [0.5, 0.6) is 0 Å². The van der Waals surface area contributed by atoms with E-state index in [9.17, 15) is 22.4 Å². The summed E-state index contributed by atoms with van der Waals surface area (Å²) in [5.74, 6) is -5.12. The maximum Gasteiger partial charge on any atom is 0.310 e. The third-order valence-electron chi connectivity index (χ3n) is 2.01. The van der Waals surface area contributed by atoms with Crippen molar-refractivity contribution in [3.63, 3.8) is 0 Å². The Morgan fingerprint density at radius 3 is 2.33 bits per heavy atom. The van der Waals surface area contributed by atoms with E-state index in [1.54, 1.807) is 13.8 Å². The van der Waals surface area contributed by atoms with Crippen LogP contribution in [0.4, 0.5) is 17.6 Å². The van der Waals surface area contributed by atoms with Crippen molar-refractivity contribution in [3.05, 3.63) is 0 Å². The van der Waals surface area contributed by atoms with Crippen molar-refractivity contribution >= 4 is 5.97 Å². The predicted molar refractivity (Wildman–Crippen MR) is 46.0 cm³/mol. The Morgan fingerprint density at radius 1 is 1.40 bits per heavy atom. The topological polar surface area (TPSA) is 26.3 Å². The number of hydrogen-bond acceptors (Lipinski definition) is 2. The molecule has 0 radical (unpaired) electrons. The van der Waals surface area contributed by atoms with E-state index in [1.807, 2.05) is 0 Å². The highest BCUT2D eigenvalue weighted by molar-refractivity contribution is 5.71. The molecule has 0 bridgehead atoms. The lowest BCUT2D eigenvalue weighted by molar-refractivity contribution is -0.159. The average Bonchev–Trinajstić information content (AvgIpc) is 2.15. The molecule has 0 spiro atoms. The number of ether oxygens (including phenoxy) is 1. The fraction of sp³-hybridized carbons (Fsp3) is 0.889. The van der Waals surface area contributed by atoms with Crippen LogP contribution in [0.3, 0.4) is 0 Å². The molecule has 90 valence electrons. The first-order valence-corrected chi connectivity index (χ1v) is 4.63. The van der Waals surface area contributed by atoms with Crippen LogP contribution in [0, 0.1) is 5.92 Å². The molecular weight excluding hydrogens is 216 g/mol. The van der Waals surface area contributed by atoms with Gasteiger partial charge in [-0.15, -0.1) is 0 Å². The molecular formula is C9H14F4O2. The molecule has 0 aliphatic heterocycles. The van der Waals surface area contributed by atoms with Gasteiger partial charge in [0.2, 0.25) is 0 Å². The second kappa shape index (κ2) is 5.92. The van der Waals surface area contributed by atoms with Gasteiger partial charge in [-0.2, -0.15) is 0 Å². The third kappa shape index (κ3) is 4.99. The van der Waals surface area contributed by atoms with Crippen molar-refractivity contribution in [2.75, 3.05) is 6.61 Å². The normalized spacial score (nSPS) is 14.1. The quantitative estimate of drug-likeness (QED) is 0.518. The molecule has 0 aliphatic carbocycles. The first kappa shape index (κ1) is 14.2. The first-order chi connectivity index (χ1) is 6.81. The Kier molecular flexibility index (Phi) is 5.60. The summed E-state index contributed by atoms with van der Waals surface area (Å²) in [4.78, 5) is 11.0. The van der Waals surface area contributed by atoms with Gasteiger partial charge >= 0.3 is 18.3 Å². The molecule has 0 saturated carbocycles. The van der Waals surface area contributed by atoms with Crippen molar-refractivity contribution in [1.29, 1.82) is 0 Å². The number of halogens is 4. The summed E-state index contributed by atoms with van der Waals surface area (Å²) >= 11 is 0. The van der Waals surface area contributed by atoms with Crippen molar-refractivity contribution in [1.82, 2.24) is 0 Å². The Labute approximate surface area is 85.6 Å².